The summed E-state index contributed by atoms with van der Waals surface area (Å²) in [6, 6.07) is 5.73. The molecule has 1 aromatic carbocycles. The highest BCUT2D eigenvalue weighted by Gasteiger charge is 2.31. The van der Waals surface area contributed by atoms with Crippen LogP contribution in [0, 0.1) is 6.92 Å². The molecule has 24 heavy (non-hydrogen) atoms. The van der Waals surface area contributed by atoms with Crippen molar-refractivity contribution in [2.24, 2.45) is 0 Å². The number of nitrogens with one attached hydrogen (secondary N) is 1. The van der Waals surface area contributed by atoms with Gasteiger partial charge in [0.15, 0.2) is 5.16 Å². The molecule has 128 valence electrons. The number of rotatable bonds is 6. The zero-order chi connectivity index (χ0) is 17.7. The van der Waals surface area contributed by atoms with Gasteiger partial charge in [0, 0.05) is 5.56 Å². The van der Waals surface area contributed by atoms with Crippen LogP contribution in [-0.2, 0) is 11.3 Å². The van der Waals surface area contributed by atoms with Crippen molar-refractivity contribution in [1.29, 1.82) is 0 Å². The van der Waals surface area contributed by atoms with E-state index in [2.05, 4.69) is 20.0 Å². The molecule has 0 unspecified atom stereocenters. The summed E-state index contributed by atoms with van der Waals surface area (Å²) >= 11 is 1.33. The van der Waals surface area contributed by atoms with Gasteiger partial charge in [0.25, 0.3) is 0 Å². The fraction of sp³-hybridized carbons (Fsp3) is 0.267. The molecule has 0 aliphatic carbocycles. The zero-order valence-electron chi connectivity index (χ0n) is 12.8. The van der Waals surface area contributed by atoms with Crippen molar-refractivity contribution < 1.29 is 22.7 Å². The van der Waals surface area contributed by atoms with E-state index >= 15 is 0 Å². The van der Waals surface area contributed by atoms with Crippen LogP contribution in [0.5, 0.6) is 5.75 Å². The molecule has 0 aliphatic rings. The van der Waals surface area contributed by atoms with Crippen LogP contribution in [0.2, 0.25) is 0 Å². The number of thioether (sulfide) groups is 1. The molecule has 1 heterocycles. The topological polar surface area (TPSA) is 64.1 Å². The van der Waals surface area contributed by atoms with E-state index < -0.39 is 6.36 Å². The SMILES string of the molecule is CSc1nc(CNC=O)cc(-c2ccc(OC(F)(F)F)cc2C)n1. The molecular formula is C15H14F3N3O2S. The van der Waals surface area contributed by atoms with Crippen molar-refractivity contribution in [3.63, 3.8) is 0 Å². The Hall–Kier alpha value is -2.29. The Bertz CT molecular complexity index is 738. The predicted molar refractivity (Wildman–Crippen MR) is 83.6 cm³/mol. The van der Waals surface area contributed by atoms with Crippen LogP contribution in [0.3, 0.4) is 0 Å². The normalized spacial score (nSPS) is 11.2. The van der Waals surface area contributed by atoms with Crippen LogP contribution in [0.25, 0.3) is 11.3 Å². The number of carbonyl (C=O) groups excluding carboxylic acids is 1. The minimum absolute atomic E-state index is 0.237. The molecule has 0 aliphatic heterocycles. The van der Waals surface area contributed by atoms with Gasteiger partial charge in [0.1, 0.15) is 5.75 Å². The van der Waals surface area contributed by atoms with Crippen molar-refractivity contribution in [2.75, 3.05) is 6.26 Å². The summed E-state index contributed by atoms with van der Waals surface area (Å²) in [5.41, 5.74) is 2.41. The molecule has 1 N–H and O–H groups in total. The standard InChI is InChI=1S/C15H14F3N3O2S/c1-9-5-11(23-15(16,17)18)3-4-12(9)13-6-10(7-19-8-22)20-14(21-13)24-2/h3-6,8H,7H2,1-2H3,(H,19,22). The van der Waals surface area contributed by atoms with Gasteiger partial charge in [-0.25, -0.2) is 9.97 Å². The minimum atomic E-state index is -4.73. The van der Waals surface area contributed by atoms with Crippen molar-refractivity contribution in [3.05, 3.63) is 35.5 Å². The third kappa shape index (κ3) is 4.85. The summed E-state index contributed by atoms with van der Waals surface area (Å²) in [6.45, 7) is 1.91. The number of nitrogens with zero attached hydrogens (tertiary/aromatic N) is 2. The molecule has 9 heteroatoms. The second-order valence-corrected chi connectivity index (χ2v) is 5.53. The first-order chi connectivity index (χ1) is 11.3. The zero-order valence-corrected chi connectivity index (χ0v) is 13.7. The van der Waals surface area contributed by atoms with Crippen LogP contribution < -0.4 is 10.1 Å². The molecule has 0 fully saturated rings. The number of aryl methyl sites for hydroxylation is 1. The highest BCUT2D eigenvalue weighted by atomic mass is 32.2. The monoisotopic (exact) mass is 357 g/mol. The number of benzene rings is 1. The smallest absolute Gasteiger partial charge is 0.406 e. The second-order valence-electron chi connectivity index (χ2n) is 4.75. The summed E-state index contributed by atoms with van der Waals surface area (Å²) in [5.74, 6) is -0.286. The van der Waals surface area contributed by atoms with E-state index in [1.165, 1.54) is 30.0 Å². The van der Waals surface area contributed by atoms with Gasteiger partial charge in [-0.05, 0) is 43.0 Å². The van der Waals surface area contributed by atoms with E-state index in [1.807, 2.05) is 6.26 Å². The lowest BCUT2D eigenvalue weighted by atomic mass is 10.0. The molecule has 0 radical (unpaired) electrons. The average Bonchev–Trinajstić information content (AvgIpc) is 2.51. The first kappa shape index (κ1) is 18.1. The number of amides is 1. The lowest BCUT2D eigenvalue weighted by Gasteiger charge is -2.12. The molecule has 1 aromatic heterocycles. The molecule has 2 aromatic rings. The quantitative estimate of drug-likeness (QED) is 0.488. The highest BCUT2D eigenvalue weighted by Crippen LogP contribution is 2.30. The minimum Gasteiger partial charge on any atom is -0.406 e. The van der Waals surface area contributed by atoms with Crippen molar-refractivity contribution in [3.8, 4) is 17.0 Å². The first-order valence-electron chi connectivity index (χ1n) is 6.78. The van der Waals surface area contributed by atoms with E-state index in [4.69, 9.17) is 0 Å². The Balaban J connectivity index is 2.38. The number of carbonyl (C=O) groups is 1. The number of hydrogen-bond acceptors (Lipinski definition) is 5. The van der Waals surface area contributed by atoms with E-state index in [0.717, 1.165) is 0 Å². The fourth-order valence-electron chi connectivity index (χ4n) is 2.06. The Morgan fingerprint density at radius 3 is 2.62 bits per heavy atom. The van der Waals surface area contributed by atoms with E-state index in [0.29, 0.717) is 34.1 Å². The number of aromatic nitrogens is 2. The summed E-state index contributed by atoms with van der Waals surface area (Å²) in [5, 5.41) is 3.02. The summed E-state index contributed by atoms with van der Waals surface area (Å²) in [6.07, 6.45) is -2.36. The maximum Gasteiger partial charge on any atom is 0.573 e. The largest absolute Gasteiger partial charge is 0.573 e. The molecule has 1 amide bonds. The molecule has 5 nitrogen and oxygen atoms in total. The van der Waals surface area contributed by atoms with Crippen LogP contribution in [0.4, 0.5) is 13.2 Å². The van der Waals surface area contributed by atoms with Crippen molar-refractivity contribution in [1.82, 2.24) is 15.3 Å². The lowest BCUT2D eigenvalue weighted by Crippen LogP contribution is -2.17. The van der Waals surface area contributed by atoms with Crippen LogP contribution in [-0.4, -0.2) is 29.0 Å². The first-order valence-corrected chi connectivity index (χ1v) is 8.00. The summed E-state index contributed by atoms with van der Waals surface area (Å²) < 4.78 is 40.8. The Kier molecular flexibility index (Phi) is 5.66. The second kappa shape index (κ2) is 7.52. The molecule has 0 saturated carbocycles. The van der Waals surface area contributed by atoms with Gasteiger partial charge in [0.05, 0.1) is 17.9 Å². The van der Waals surface area contributed by atoms with Crippen LogP contribution in [0.15, 0.2) is 29.4 Å². The molecule has 0 atom stereocenters. The van der Waals surface area contributed by atoms with Gasteiger partial charge < -0.3 is 10.1 Å². The maximum absolute atomic E-state index is 12.3. The molecule has 0 bridgehead atoms. The van der Waals surface area contributed by atoms with E-state index in [-0.39, 0.29) is 12.3 Å². The van der Waals surface area contributed by atoms with Crippen LogP contribution >= 0.6 is 11.8 Å². The summed E-state index contributed by atoms with van der Waals surface area (Å²) in [4.78, 5) is 19.1. The maximum atomic E-state index is 12.3. The van der Waals surface area contributed by atoms with Gasteiger partial charge in [-0.2, -0.15) is 0 Å². The van der Waals surface area contributed by atoms with E-state index in [1.54, 1.807) is 13.0 Å². The molecule has 0 spiro atoms. The third-order valence-corrected chi connectivity index (χ3v) is 3.56. The number of hydrogen-bond donors (Lipinski definition) is 1. The molecule has 2 rings (SSSR count). The fourth-order valence-corrected chi connectivity index (χ4v) is 2.46. The summed E-state index contributed by atoms with van der Waals surface area (Å²) in [7, 11) is 0. The molecule has 0 saturated heterocycles. The van der Waals surface area contributed by atoms with Crippen molar-refractivity contribution in [2.45, 2.75) is 25.0 Å². The van der Waals surface area contributed by atoms with Gasteiger partial charge in [-0.1, -0.05) is 11.8 Å². The average molecular weight is 357 g/mol. The Morgan fingerprint density at radius 2 is 2.04 bits per heavy atom. The Labute approximate surface area is 140 Å². The van der Waals surface area contributed by atoms with Gasteiger partial charge in [0.2, 0.25) is 6.41 Å². The number of ether oxygens (including phenoxy) is 1. The van der Waals surface area contributed by atoms with Crippen LogP contribution in [0.1, 0.15) is 11.3 Å². The van der Waals surface area contributed by atoms with E-state index in [9.17, 15) is 18.0 Å². The lowest BCUT2D eigenvalue weighted by molar-refractivity contribution is -0.274. The number of alkyl halides is 3. The van der Waals surface area contributed by atoms with Gasteiger partial charge in [-0.15, -0.1) is 13.2 Å². The highest BCUT2D eigenvalue weighted by molar-refractivity contribution is 7.98. The van der Waals surface area contributed by atoms with Crippen molar-refractivity contribution >= 4 is 18.2 Å². The third-order valence-electron chi connectivity index (χ3n) is 3.02. The van der Waals surface area contributed by atoms with Gasteiger partial charge >= 0.3 is 6.36 Å². The molecular weight excluding hydrogens is 343 g/mol. The van der Waals surface area contributed by atoms with Gasteiger partial charge in [-0.3, -0.25) is 4.79 Å². The number of halogens is 3. The Morgan fingerprint density at radius 1 is 1.29 bits per heavy atom. The predicted octanol–water partition coefficient (Wildman–Crippen LogP) is 3.32.